The van der Waals surface area contributed by atoms with Crippen molar-refractivity contribution in [1.82, 2.24) is 5.32 Å². The summed E-state index contributed by atoms with van der Waals surface area (Å²) in [5, 5.41) is 2.84. The lowest BCUT2D eigenvalue weighted by Gasteiger charge is -2.03. The molecule has 0 saturated carbocycles. The molecule has 0 fully saturated rings. The van der Waals surface area contributed by atoms with Gasteiger partial charge in [0.1, 0.15) is 6.29 Å². The summed E-state index contributed by atoms with van der Waals surface area (Å²) in [7, 11) is 1.77. The number of rotatable bonds is 4. The van der Waals surface area contributed by atoms with Gasteiger partial charge in [-0.2, -0.15) is 12.6 Å². The molecule has 0 aliphatic rings. The summed E-state index contributed by atoms with van der Waals surface area (Å²) in [4.78, 5) is 10.0. The van der Waals surface area contributed by atoms with Crippen LogP contribution in [0.1, 0.15) is 6.42 Å². The Morgan fingerprint density at radius 2 is 2.50 bits per heavy atom. The Balaban J connectivity index is 3.21. The minimum absolute atomic E-state index is 0.00694. The average molecular weight is 133 g/mol. The molecule has 0 spiro atoms. The normalized spacial score (nSPS) is 13.2. The largest absolute Gasteiger partial charge is 0.311 e. The first-order valence-corrected chi connectivity index (χ1v) is 3.21. The maximum absolute atomic E-state index is 10.0. The first-order valence-electron chi connectivity index (χ1n) is 2.58. The van der Waals surface area contributed by atoms with Gasteiger partial charge in [-0.3, -0.25) is 0 Å². The summed E-state index contributed by atoms with van der Waals surface area (Å²) in [6.45, 7) is 0. The van der Waals surface area contributed by atoms with E-state index in [0.717, 1.165) is 18.5 Å². The Hall–Kier alpha value is -0.0200. The van der Waals surface area contributed by atoms with Gasteiger partial charge in [-0.15, -0.1) is 0 Å². The fourth-order valence-electron chi connectivity index (χ4n) is 0.420. The number of thiol groups is 1. The van der Waals surface area contributed by atoms with Gasteiger partial charge in [-0.05, 0) is 19.2 Å². The van der Waals surface area contributed by atoms with E-state index in [1.807, 2.05) is 0 Å². The van der Waals surface area contributed by atoms with Gasteiger partial charge in [-0.25, -0.2) is 0 Å². The second kappa shape index (κ2) is 5.12. The van der Waals surface area contributed by atoms with Crippen LogP contribution in [-0.4, -0.2) is 25.1 Å². The molecule has 0 aromatic heterocycles. The number of hydrogen-bond acceptors (Lipinski definition) is 3. The van der Waals surface area contributed by atoms with E-state index in [1.54, 1.807) is 7.05 Å². The summed E-state index contributed by atoms with van der Waals surface area (Å²) in [5.41, 5.74) is 0. The lowest BCUT2D eigenvalue weighted by Crippen LogP contribution is -2.26. The van der Waals surface area contributed by atoms with Gasteiger partial charge in [0.05, 0.1) is 6.04 Å². The average Bonchev–Trinajstić information content (AvgIpc) is 1.83. The Labute approximate surface area is 55.1 Å². The van der Waals surface area contributed by atoms with Crippen LogP contribution in [0.15, 0.2) is 0 Å². The zero-order valence-electron chi connectivity index (χ0n) is 4.92. The molecule has 0 bridgehead atoms. The third kappa shape index (κ3) is 3.04. The van der Waals surface area contributed by atoms with Gasteiger partial charge in [0.25, 0.3) is 0 Å². The topological polar surface area (TPSA) is 29.1 Å². The Morgan fingerprint density at radius 1 is 1.88 bits per heavy atom. The fraction of sp³-hybridized carbons (Fsp3) is 0.800. The highest BCUT2D eigenvalue weighted by molar-refractivity contribution is 7.80. The third-order valence-corrected chi connectivity index (χ3v) is 1.23. The van der Waals surface area contributed by atoms with Gasteiger partial charge >= 0.3 is 0 Å². The quantitative estimate of drug-likeness (QED) is 0.420. The van der Waals surface area contributed by atoms with Crippen LogP contribution in [0.2, 0.25) is 0 Å². The van der Waals surface area contributed by atoms with Gasteiger partial charge in [-0.1, -0.05) is 0 Å². The Bertz CT molecular complexity index is 67.4. The number of hydrogen-bond donors (Lipinski definition) is 2. The third-order valence-electron chi connectivity index (χ3n) is 0.975. The molecular weight excluding hydrogens is 122 g/mol. The van der Waals surface area contributed by atoms with Crippen molar-refractivity contribution in [3.05, 3.63) is 0 Å². The lowest BCUT2D eigenvalue weighted by atomic mass is 10.3. The molecule has 0 aromatic carbocycles. The molecule has 0 radical (unpaired) electrons. The second-order valence-corrected chi connectivity index (χ2v) is 1.99. The van der Waals surface area contributed by atoms with E-state index >= 15 is 0 Å². The van der Waals surface area contributed by atoms with Crippen molar-refractivity contribution in [3.63, 3.8) is 0 Å². The van der Waals surface area contributed by atoms with E-state index in [0.29, 0.717) is 0 Å². The zero-order chi connectivity index (χ0) is 6.41. The number of carbonyl (C=O) groups excluding carboxylic acids is 1. The van der Waals surface area contributed by atoms with Crippen LogP contribution < -0.4 is 5.32 Å². The number of nitrogens with one attached hydrogen (secondary N) is 1. The van der Waals surface area contributed by atoms with Crippen LogP contribution in [0.4, 0.5) is 0 Å². The van der Waals surface area contributed by atoms with Crippen molar-refractivity contribution in [2.75, 3.05) is 12.8 Å². The predicted molar refractivity (Wildman–Crippen MR) is 37.4 cm³/mol. The molecule has 0 saturated heterocycles. The van der Waals surface area contributed by atoms with Gasteiger partial charge in [0.15, 0.2) is 0 Å². The van der Waals surface area contributed by atoms with E-state index in [4.69, 9.17) is 0 Å². The van der Waals surface area contributed by atoms with E-state index in [1.165, 1.54) is 0 Å². The first kappa shape index (κ1) is 7.98. The smallest absolute Gasteiger partial charge is 0.136 e. The van der Waals surface area contributed by atoms with Crippen LogP contribution in [0.5, 0.6) is 0 Å². The number of aldehydes is 1. The number of likely N-dealkylation sites (N-methyl/N-ethyl adjacent to an activating group) is 1. The molecule has 0 amide bonds. The van der Waals surface area contributed by atoms with Crippen molar-refractivity contribution < 1.29 is 4.79 Å². The highest BCUT2D eigenvalue weighted by Gasteiger charge is 1.98. The maximum Gasteiger partial charge on any atom is 0.136 e. The van der Waals surface area contributed by atoms with E-state index in [2.05, 4.69) is 17.9 Å². The predicted octanol–water partition coefficient (Wildman–Crippen LogP) is 0.0932. The molecule has 0 heterocycles. The van der Waals surface area contributed by atoms with E-state index in [-0.39, 0.29) is 6.04 Å². The van der Waals surface area contributed by atoms with Gasteiger partial charge < -0.3 is 10.1 Å². The van der Waals surface area contributed by atoms with Crippen LogP contribution in [-0.2, 0) is 4.79 Å². The molecule has 3 heteroatoms. The fourth-order valence-corrected chi connectivity index (χ4v) is 0.698. The summed E-state index contributed by atoms with van der Waals surface area (Å²) in [6.07, 6.45) is 1.71. The van der Waals surface area contributed by atoms with Crippen LogP contribution in [0, 0.1) is 0 Å². The molecule has 0 aliphatic heterocycles. The second-order valence-electron chi connectivity index (χ2n) is 1.54. The van der Waals surface area contributed by atoms with Gasteiger partial charge in [0.2, 0.25) is 0 Å². The Kier molecular flexibility index (Phi) is 5.11. The minimum atomic E-state index is -0.00694. The van der Waals surface area contributed by atoms with Crippen molar-refractivity contribution in [2.45, 2.75) is 12.5 Å². The SMILES string of the molecule is CN[C@H](C=O)CCS. The van der Waals surface area contributed by atoms with Crippen molar-refractivity contribution in [3.8, 4) is 0 Å². The molecule has 1 N–H and O–H groups in total. The van der Waals surface area contributed by atoms with Crippen molar-refractivity contribution in [2.24, 2.45) is 0 Å². The standard InChI is InChI=1S/C5H11NOS/c1-6-5(4-7)2-3-8/h4-6,8H,2-3H2,1H3/t5-/m0/s1. The number of carbonyl (C=O) groups is 1. The molecule has 1 atom stereocenters. The molecule has 48 valence electrons. The summed E-state index contributed by atoms with van der Waals surface area (Å²) in [5.74, 6) is 0.754. The molecular formula is C5H11NOS. The highest BCUT2D eigenvalue weighted by Crippen LogP contribution is 1.87. The van der Waals surface area contributed by atoms with Crippen LogP contribution in [0.3, 0.4) is 0 Å². The Morgan fingerprint density at radius 3 is 2.62 bits per heavy atom. The molecule has 8 heavy (non-hydrogen) atoms. The summed E-state index contributed by atoms with van der Waals surface area (Å²) in [6, 6.07) is -0.00694. The van der Waals surface area contributed by atoms with E-state index < -0.39 is 0 Å². The first-order chi connectivity index (χ1) is 3.85. The molecule has 0 rings (SSSR count). The highest BCUT2D eigenvalue weighted by atomic mass is 32.1. The lowest BCUT2D eigenvalue weighted by molar-refractivity contribution is -0.109. The minimum Gasteiger partial charge on any atom is -0.311 e. The zero-order valence-corrected chi connectivity index (χ0v) is 5.82. The molecule has 0 unspecified atom stereocenters. The van der Waals surface area contributed by atoms with Crippen LogP contribution in [0.25, 0.3) is 0 Å². The van der Waals surface area contributed by atoms with Crippen LogP contribution >= 0.6 is 12.6 Å². The van der Waals surface area contributed by atoms with Crippen molar-refractivity contribution in [1.29, 1.82) is 0 Å². The molecule has 0 aliphatic carbocycles. The maximum atomic E-state index is 10.0. The molecule has 2 nitrogen and oxygen atoms in total. The van der Waals surface area contributed by atoms with Gasteiger partial charge in [0, 0.05) is 0 Å². The summed E-state index contributed by atoms with van der Waals surface area (Å²) >= 11 is 3.97. The van der Waals surface area contributed by atoms with Crippen molar-refractivity contribution >= 4 is 18.9 Å². The molecule has 0 aromatic rings. The van der Waals surface area contributed by atoms with E-state index in [9.17, 15) is 4.79 Å². The monoisotopic (exact) mass is 133 g/mol. The summed E-state index contributed by atoms with van der Waals surface area (Å²) < 4.78 is 0.